The van der Waals surface area contributed by atoms with Gasteiger partial charge in [0, 0.05) is 17.9 Å². The van der Waals surface area contributed by atoms with Crippen molar-refractivity contribution >= 4 is 33.2 Å². The molecule has 1 heterocycles. The fraction of sp³-hybridized carbons (Fsp3) is 0.600. The topological polar surface area (TPSA) is 33.2 Å². The highest BCUT2D eigenvalue weighted by molar-refractivity contribution is 9.09. The molecular weight excluding hydrogens is 276 g/mol. The van der Waals surface area contributed by atoms with Crippen LogP contribution >= 0.6 is 27.3 Å². The molecule has 1 aromatic rings. The number of aromatic nitrogens is 1. The van der Waals surface area contributed by atoms with Crippen molar-refractivity contribution in [2.75, 3.05) is 11.9 Å². The number of hydrogen-bond donors (Lipinski definition) is 0. The molecule has 1 amide bonds. The zero-order chi connectivity index (χ0) is 10.8. The van der Waals surface area contributed by atoms with Gasteiger partial charge in [0.1, 0.15) is 4.88 Å². The lowest BCUT2D eigenvalue weighted by molar-refractivity contribution is 0.0758. The van der Waals surface area contributed by atoms with Gasteiger partial charge in [-0.3, -0.25) is 4.79 Å². The van der Waals surface area contributed by atoms with Crippen molar-refractivity contribution in [1.29, 1.82) is 0 Å². The average molecular weight is 289 g/mol. The van der Waals surface area contributed by atoms with E-state index in [9.17, 15) is 4.79 Å². The number of thiazole rings is 1. The average Bonchev–Trinajstić information content (AvgIpc) is 2.97. The maximum atomic E-state index is 12.2. The Morgan fingerprint density at radius 1 is 1.73 bits per heavy atom. The van der Waals surface area contributed by atoms with Gasteiger partial charge in [0.25, 0.3) is 5.91 Å². The van der Waals surface area contributed by atoms with Crippen molar-refractivity contribution in [1.82, 2.24) is 9.88 Å². The van der Waals surface area contributed by atoms with Crippen molar-refractivity contribution in [2.24, 2.45) is 0 Å². The van der Waals surface area contributed by atoms with E-state index in [1.807, 2.05) is 11.8 Å². The largest absolute Gasteiger partial charge is 0.334 e. The molecule has 15 heavy (non-hydrogen) atoms. The summed E-state index contributed by atoms with van der Waals surface area (Å²) in [6.07, 6.45) is 2.30. The number of aryl methyl sites for hydroxylation is 1. The molecule has 0 spiro atoms. The maximum absolute atomic E-state index is 12.2. The Bertz CT molecular complexity index is 362. The molecule has 0 aromatic carbocycles. The van der Waals surface area contributed by atoms with Gasteiger partial charge in [0.2, 0.25) is 0 Å². The van der Waals surface area contributed by atoms with E-state index in [-0.39, 0.29) is 5.91 Å². The molecule has 0 atom stereocenters. The van der Waals surface area contributed by atoms with Gasteiger partial charge in [-0.15, -0.1) is 11.3 Å². The van der Waals surface area contributed by atoms with Crippen molar-refractivity contribution < 1.29 is 4.79 Å². The smallest absolute Gasteiger partial charge is 0.266 e. The van der Waals surface area contributed by atoms with Gasteiger partial charge in [0.15, 0.2) is 0 Å². The first-order chi connectivity index (χ1) is 7.24. The minimum atomic E-state index is 0.150. The molecule has 0 saturated heterocycles. The third kappa shape index (κ3) is 2.39. The van der Waals surface area contributed by atoms with Gasteiger partial charge in [-0.25, -0.2) is 4.98 Å². The molecule has 0 unspecified atom stereocenters. The van der Waals surface area contributed by atoms with Crippen molar-refractivity contribution in [3.8, 4) is 0 Å². The van der Waals surface area contributed by atoms with Gasteiger partial charge >= 0.3 is 0 Å². The molecule has 2 rings (SSSR count). The van der Waals surface area contributed by atoms with E-state index in [0.717, 1.165) is 35.3 Å². The van der Waals surface area contributed by atoms with Gasteiger partial charge in [-0.1, -0.05) is 15.9 Å². The van der Waals surface area contributed by atoms with Crippen LogP contribution < -0.4 is 0 Å². The zero-order valence-corrected chi connectivity index (χ0v) is 11.0. The molecule has 5 heteroatoms. The quantitative estimate of drug-likeness (QED) is 0.798. The van der Waals surface area contributed by atoms with Crippen molar-refractivity contribution in [2.45, 2.75) is 25.8 Å². The first-order valence-electron chi connectivity index (χ1n) is 5.01. The Labute approximate surface area is 102 Å². The van der Waals surface area contributed by atoms with Crippen LogP contribution in [0.25, 0.3) is 0 Å². The van der Waals surface area contributed by atoms with Crippen LogP contribution in [0, 0.1) is 6.92 Å². The van der Waals surface area contributed by atoms with E-state index in [4.69, 9.17) is 0 Å². The number of nitrogens with zero attached hydrogens (tertiary/aromatic N) is 2. The van der Waals surface area contributed by atoms with E-state index >= 15 is 0 Å². The second kappa shape index (κ2) is 4.61. The number of alkyl halides is 1. The number of amides is 1. The third-order valence-corrected chi connectivity index (χ3v) is 3.78. The summed E-state index contributed by atoms with van der Waals surface area (Å²) in [5.41, 5.74) is 2.59. The minimum Gasteiger partial charge on any atom is -0.334 e. The summed E-state index contributed by atoms with van der Waals surface area (Å²) in [6, 6.07) is 0.469. The van der Waals surface area contributed by atoms with Crippen LogP contribution in [0.2, 0.25) is 0 Å². The van der Waals surface area contributed by atoms with Crippen LogP contribution in [-0.2, 0) is 0 Å². The Morgan fingerprint density at radius 2 is 2.47 bits per heavy atom. The summed E-state index contributed by atoms with van der Waals surface area (Å²) >= 11 is 4.83. The first-order valence-corrected chi connectivity index (χ1v) is 7.01. The van der Waals surface area contributed by atoms with Crippen LogP contribution in [-0.4, -0.2) is 33.7 Å². The summed E-state index contributed by atoms with van der Waals surface area (Å²) in [6.45, 7) is 2.68. The molecule has 0 radical (unpaired) electrons. The number of carbonyl (C=O) groups excluding carboxylic acids is 1. The van der Waals surface area contributed by atoms with Crippen LogP contribution in [0.5, 0.6) is 0 Å². The monoisotopic (exact) mass is 288 g/mol. The van der Waals surface area contributed by atoms with Crippen molar-refractivity contribution in [3.05, 3.63) is 16.1 Å². The lowest BCUT2D eigenvalue weighted by atomic mass is 10.3. The number of hydrogen-bond acceptors (Lipinski definition) is 3. The predicted octanol–water partition coefficient (Wildman–Crippen LogP) is 2.45. The maximum Gasteiger partial charge on any atom is 0.266 e. The molecule has 1 aliphatic rings. The van der Waals surface area contributed by atoms with E-state index in [1.165, 1.54) is 11.3 Å². The highest BCUT2D eigenvalue weighted by Gasteiger charge is 2.33. The number of halogens is 1. The molecule has 1 saturated carbocycles. The molecule has 3 nitrogen and oxygen atoms in total. The Morgan fingerprint density at radius 3 is 2.93 bits per heavy atom. The summed E-state index contributed by atoms with van der Waals surface area (Å²) in [5.74, 6) is 0.150. The summed E-state index contributed by atoms with van der Waals surface area (Å²) in [7, 11) is 0. The van der Waals surface area contributed by atoms with Crippen LogP contribution in [0.15, 0.2) is 5.51 Å². The number of carbonyl (C=O) groups is 1. The number of rotatable bonds is 4. The van der Waals surface area contributed by atoms with Gasteiger partial charge in [-0.2, -0.15) is 0 Å². The van der Waals surface area contributed by atoms with E-state index in [2.05, 4.69) is 20.9 Å². The molecule has 82 valence electrons. The lowest BCUT2D eigenvalue weighted by Crippen LogP contribution is -2.34. The van der Waals surface area contributed by atoms with Crippen LogP contribution in [0.4, 0.5) is 0 Å². The van der Waals surface area contributed by atoms with Gasteiger partial charge < -0.3 is 4.90 Å². The fourth-order valence-electron chi connectivity index (χ4n) is 1.56. The second-order valence-electron chi connectivity index (χ2n) is 3.69. The van der Waals surface area contributed by atoms with Gasteiger partial charge in [-0.05, 0) is 19.8 Å². The Kier molecular flexibility index (Phi) is 3.41. The highest BCUT2D eigenvalue weighted by Crippen LogP contribution is 2.29. The van der Waals surface area contributed by atoms with Crippen LogP contribution in [0.3, 0.4) is 0 Å². The summed E-state index contributed by atoms with van der Waals surface area (Å²) in [4.78, 5) is 19.1. The standard InChI is InChI=1S/C10H13BrN2OS/c1-7-9(15-6-12-7)10(14)13(5-4-11)8-2-3-8/h6,8H,2-5H2,1H3. The van der Waals surface area contributed by atoms with E-state index < -0.39 is 0 Å². The predicted molar refractivity (Wildman–Crippen MR) is 64.7 cm³/mol. The first kappa shape index (κ1) is 11.1. The Hall–Kier alpha value is -0.420. The molecular formula is C10H13BrN2OS. The Balaban J connectivity index is 2.14. The minimum absolute atomic E-state index is 0.150. The highest BCUT2D eigenvalue weighted by atomic mass is 79.9. The second-order valence-corrected chi connectivity index (χ2v) is 5.33. The van der Waals surface area contributed by atoms with E-state index in [1.54, 1.807) is 5.51 Å². The molecule has 0 N–H and O–H groups in total. The lowest BCUT2D eigenvalue weighted by Gasteiger charge is -2.20. The zero-order valence-electron chi connectivity index (χ0n) is 8.57. The summed E-state index contributed by atoms with van der Waals surface area (Å²) < 4.78 is 0. The summed E-state index contributed by atoms with van der Waals surface area (Å²) in [5, 5.41) is 0.840. The normalized spacial score (nSPS) is 15.3. The third-order valence-electron chi connectivity index (χ3n) is 2.51. The SMILES string of the molecule is Cc1ncsc1C(=O)N(CCBr)C1CC1. The molecule has 1 fully saturated rings. The fourth-order valence-corrected chi connectivity index (χ4v) is 2.70. The molecule has 0 bridgehead atoms. The molecule has 1 aliphatic carbocycles. The molecule has 1 aromatic heterocycles. The van der Waals surface area contributed by atoms with Crippen molar-refractivity contribution in [3.63, 3.8) is 0 Å². The van der Waals surface area contributed by atoms with Crippen LogP contribution in [0.1, 0.15) is 28.2 Å². The van der Waals surface area contributed by atoms with Gasteiger partial charge in [0.05, 0.1) is 11.2 Å². The van der Waals surface area contributed by atoms with E-state index in [0.29, 0.717) is 6.04 Å². The molecule has 0 aliphatic heterocycles.